The van der Waals surface area contributed by atoms with Crippen LogP contribution in [0.4, 0.5) is 0 Å². The molecule has 1 saturated heterocycles. The second-order valence-electron chi connectivity index (χ2n) is 13.1. The number of ether oxygens (including phenoxy) is 2. The van der Waals surface area contributed by atoms with Gasteiger partial charge >= 0.3 is 0 Å². The molecule has 2 aliphatic carbocycles. The molecule has 2 saturated carbocycles. The van der Waals surface area contributed by atoms with Crippen LogP contribution in [0.25, 0.3) is 0 Å². The molecule has 0 bridgehead atoms. The van der Waals surface area contributed by atoms with Crippen molar-refractivity contribution in [3.05, 3.63) is 0 Å². The Bertz CT molecular complexity index is 627. The summed E-state index contributed by atoms with van der Waals surface area (Å²) in [5.74, 6) is 0.611. The quantitative estimate of drug-likeness (QED) is 0.528. The van der Waals surface area contributed by atoms with E-state index in [-0.39, 0.29) is 22.9 Å². The van der Waals surface area contributed by atoms with Gasteiger partial charge in [-0.15, -0.1) is 0 Å². The molecule has 1 heterocycles. The Balaban J connectivity index is 1.66. The molecule has 4 nitrogen and oxygen atoms in total. The molecule has 0 amide bonds. The highest BCUT2D eigenvalue weighted by molar-refractivity contribution is 5.11. The third-order valence-corrected chi connectivity index (χ3v) is 9.70. The molecular formula is C27H50O4. The van der Waals surface area contributed by atoms with E-state index in [1.165, 1.54) is 19.3 Å². The number of rotatable bonds is 6. The number of hydrogen-bond donors (Lipinski definition) is 2. The second-order valence-corrected chi connectivity index (χ2v) is 13.1. The predicted molar refractivity (Wildman–Crippen MR) is 126 cm³/mol. The summed E-state index contributed by atoms with van der Waals surface area (Å²) in [6, 6.07) is 0. The molecular weight excluding hydrogens is 388 g/mol. The highest BCUT2D eigenvalue weighted by Gasteiger charge is 2.61. The van der Waals surface area contributed by atoms with Crippen LogP contribution in [0.5, 0.6) is 0 Å². The van der Waals surface area contributed by atoms with Crippen LogP contribution < -0.4 is 0 Å². The summed E-state index contributed by atoms with van der Waals surface area (Å²) >= 11 is 0. The summed E-state index contributed by atoms with van der Waals surface area (Å²) in [6.07, 6.45) is 8.80. The molecule has 0 radical (unpaired) electrons. The maximum absolute atomic E-state index is 12.2. The minimum Gasteiger partial charge on any atom is -0.390 e. The minimum absolute atomic E-state index is 0.0646. The lowest BCUT2D eigenvalue weighted by Crippen LogP contribution is -2.62. The molecule has 0 aromatic carbocycles. The number of aliphatic hydroxyl groups is 2. The van der Waals surface area contributed by atoms with Gasteiger partial charge < -0.3 is 19.7 Å². The van der Waals surface area contributed by atoms with Gasteiger partial charge in [-0.05, 0) is 94.8 Å². The van der Waals surface area contributed by atoms with Crippen molar-refractivity contribution in [3.63, 3.8) is 0 Å². The zero-order valence-electron chi connectivity index (χ0n) is 21.6. The molecule has 4 heteroatoms. The van der Waals surface area contributed by atoms with Crippen molar-refractivity contribution in [2.75, 3.05) is 6.61 Å². The van der Waals surface area contributed by atoms with Crippen LogP contribution in [-0.4, -0.2) is 39.9 Å². The smallest absolute Gasteiger partial charge is 0.163 e. The average molecular weight is 439 g/mol. The zero-order chi connectivity index (χ0) is 23.3. The summed E-state index contributed by atoms with van der Waals surface area (Å²) in [4.78, 5) is 0. The SMILES string of the molecule is C[C@@H]1COC(C)(C)O[C@H]1CC[C@](C)(O)CC[C@@]1(O)[C@H](C)CC[C@H]2C(C)(C)CCC[C@@]21C. The van der Waals surface area contributed by atoms with Crippen molar-refractivity contribution in [1.29, 1.82) is 0 Å². The van der Waals surface area contributed by atoms with Crippen molar-refractivity contribution in [3.8, 4) is 0 Å². The van der Waals surface area contributed by atoms with Gasteiger partial charge in [0.2, 0.25) is 0 Å². The Kier molecular flexibility index (Phi) is 7.03. The van der Waals surface area contributed by atoms with Crippen molar-refractivity contribution in [1.82, 2.24) is 0 Å². The molecule has 3 aliphatic rings. The van der Waals surface area contributed by atoms with E-state index >= 15 is 0 Å². The second kappa shape index (κ2) is 8.56. The first-order valence-electron chi connectivity index (χ1n) is 12.9. The Morgan fingerprint density at radius 3 is 2.35 bits per heavy atom. The van der Waals surface area contributed by atoms with Gasteiger partial charge in [-0.1, -0.05) is 41.0 Å². The Morgan fingerprint density at radius 1 is 1.00 bits per heavy atom. The van der Waals surface area contributed by atoms with E-state index in [4.69, 9.17) is 9.47 Å². The van der Waals surface area contributed by atoms with Crippen molar-refractivity contribution < 1.29 is 19.7 Å². The van der Waals surface area contributed by atoms with E-state index in [1.807, 2.05) is 20.8 Å². The Labute approximate surface area is 191 Å². The summed E-state index contributed by atoms with van der Waals surface area (Å²) in [6.45, 7) is 18.1. The molecule has 182 valence electrons. The lowest BCUT2D eigenvalue weighted by Gasteiger charge is -2.63. The van der Waals surface area contributed by atoms with Crippen LogP contribution in [0, 0.1) is 28.6 Å². The van der Waals surface area contributed by atoms with Crippen molar-refractivity contribution in [2.24, 2.45) is 28.6 Å². The lowest BCUT2D eigenvalue weighted by atomic mass is 9.44. The Morgan fingerprint density at radius 2 is 1.68 bits per heavy atom. The molecule has 31 heavy (non-hydrogen) atoms. The highest BCUT2D eigenvalue weighted by Crippen LogP contribution is 2.63. The van der Waals surface area contributed by atoms with Crippen LogP contribution in [0.2, 0.25) is 0 Å². The fourth-order valence-electron chi connectivity index (χ4n) is 7.44. The molecule has 7 atom stereocenters. The van der Waals surface area contributed by atoms with Crippen LogP contribution in [-0.2, 0) is 9.47 Å². The molecule has 0 spiro atoms. The number of hydrogen-bond acceptors (Lipinski definition) is 4. The van der Waals surface area contributed by atoms with Crippen LogP contribution in [0.15, 0.2) is 0 Å². The normalized spacial score (nSPS) is 44.3. The van der Waals surface area contributed by atoms with Gasteiger partial charge in [0.15, 0.2) is 5.79 Å². The third kappa shape index (κ3) is 5.03. The summed E-state index contributed by atoms with van der Waals surface area (Å²) in [5, 5.41) is 23.4. The van der Waals surface area contributed by atoms with E-state index in [1.54, 1.807) is 0 Å². The first kappa shape index (κ1) is 25.5. The molecule has 3 rings (SSSR count). The van der Waals surface area contributed by atoms with Gasteiger partial charge in [-0.25, -0.2) is 0 Å². The first-order valence-corrected chi connectivity index (χ1v) is 12.9. The first-order chi connectivity index (χ1) is 14.1. The minimum atomic E-state index is -0.797. The number of fused-ring (bicyclic) bond motifs is 1. The fourth-order valence-corrected chi connectivity index (χ4v) is 7.44. The predicted octanol–water partition coefficient (Wildman–Crippen LogP) is 6.08. The van der Waals surface area contributed by atoms with E-state index in [9.17, 15) is 10.2 Å². The summed E-state index contributed by atoms with van der Waals surface area (Å²) in [5.41, 5.74) is -1.28. The molecule has 0 unspecified atom stereocenters. The summed E-state index contributed by atoms with van der Waals surface area (Å²) < 4.78 is 11.9. The average Bonchev–Trinajstić information content (AvgIpc) is 2.65. The van der Waals surface area contributed by atoms with E-state index in [2.05, 4.69) is 34.6 Å². The lowest BCUT2D eigenvalue weighted by molar-refractivity contribution is -0.292. The topological polar surface area (TPSA) is 58.9 Å². The largest absolute Gasteiger partial charge is 0.390 e. The van der Waals surface area contributed by atoms with Gasteiger partial charge in [0.25, 0.3) is 0 Å². The maximum Gasteiger partial charge on any atom is 0.163 e. The van der Waals surface area contributed by atoms with E-state index < -0.39 is 17.0 Å². The highest BCUT2D eigenvalue weighted by atomic mass is 16.7. The fraction of sp³-hybridized carbons (Fsp3) is 1.00. The molecule has 2 N–H and O–H groups in total. The van der Waals surface area contributed by atoms with Gasteiger partial charge in [-0.2, -0.15) is 0 Å². The van der Waals surface area contributed by atoms with Crippen molar-refractivity contribution in [2.45, 2.75) is 136 Å². The zero-order valence-corrected chi connectivity index (χ0v) is 21.6. The monoisotopic (exact) mass is 438 g/mol. The van der Waals surface area contributed by atoms with Gasteiger partial charge in [-0.3, -0.25) is 0 Å². The van der Waals surface area contributed by atoms with Gasteiger partial charge in [0.1, 0.15) is 0 Å². The van der Waals surface area contributed by atoms with Crippen LogP contribution >= 0.6 is 0 Å². The third-order valence-electron chi connectivity index (χ3n) is 9.70. The molecule has 0 aromatic rings. The molecule has 3 fully saturated rings. The van der Waals surface area contributed by atoms with Crippen molar-refractivity contribution >= 4 is 0 Å². The molecule has 1 aliphatic heterocycles. The van der Waals surface area contributed by atoms with E-state index in [0.29, 0.717) is 37.7 Å². The van der Waals surface area contributed by atoms with E-state index in [0.717, 1.165) is 19.3 Å². The standard InChI is InChI=1S/C27H50O4/c1-19-18-30-24(5,6)31-21(19)12-15-25(7,28)16-17-27(29)20(2)10-11-22-23(3,4)13-9-14-26(22,27)8/h19-22,28-29H,9-18H2,1-8H3/t19-,20-,21+,22+,25+,26+,27-/m1/s1. The Hall–Kier alpha value is -0.160. The molecule has 0 aromatic heterocycles. The maximum atomic E-state index is 12.2. The summed E-state index contributed by atoms with van der Waals surface area (Å²) in [7, 11) is 0. The van der Waals surface area contributed by atoms with Crippen LogP contribution in [0.1, 0.15) is 113 Å². The van der Waals surface area contributed by atoms with Gasteiger partial charge in [0, 0.05) is 5.92 Å². The van der Waals surface area contributed by atoms with Crippen LogP contribution in [0.3, 0.4) is 0 Å². The van der Waals surface area contributed by atoms with Gasteiger partial charge in [0.05, 0.1) is 23.9 Å².